The van der Waals surface area contributed by atoms with Crippen LogP contribution in [0.15, 0.2) is 49.0 Å². The largest absolute Gasteiger partial charge is 0.508 e. The van der Waals surface area contributed by atoms with Crippen LogP contribution in [0.5, 0.6) is 17.2 Å². The van der Waals surface area contributed by atoms with E-state index in [0.717, 1.165) is 16.7 Å². The second kappa shape index (κ2) is 5.48. The fourth-order valence-electron chi connectivity index (χ4n) is 1.81. The number of hydrogen-bond acceptors (Lipinski definition) is 3. The van der Waals surface area contributed by atoms with Crippen molar-refractivity contribution in [3.05, 3.63) is 60.2 Å². The number of aromatic hydroxyl groups is 1. The lowest BCUT2D eigenvalue weighted by molar-refractivity contribution is 0.394. The van der Waals surface area contributed by atoms with Crippen LogP contribution in [0.3, 0.4) is 0 Å². The minimum Gasteiger partial charge on any atom is -0.508 e. The van der Waals surface area contributed by atoms with Gasteiger partial charge in [0.05, 0.1) is 14.2 Å². The van der Waals surface area contributed by atoms with Crippen molar-refractivity contribution >= 4 is 5.57 Å². The number of hydrogen-bond donors (Lipinski definition) is 1. The maximum absolute atomic E-state index is 9.30. The fraction of sp³-hybridized carbons (Fsp3) is 0.125. The Hall–Kier alpha value is -2.42. The molecule has 0 unspecified atom stereocenters. The molecule has 0 aliphatic carbocycles. The Kier molecular flexibility index (Phi) is 3.76. The van der Waals surface area contributed by atoms with E-state index in [1.165, 1.54) is 0 Å². The van der Waals surface area contributed by atoms with Gasteiger partial charge in [0.25, 0.3) is 0 Å². The van der Waals surface area contributed by atoms with Crippen LogP contribution in [0.25, 0.3) is 5.57 Å². The minimum atomic E-state index is 0.236. The SMILES string of the molecule is C=C(c1ccc(O)cc1)c1cc(OC)cc(OC)c1. The van der Waals surface area contributed by atoms with Gasteiger partial charge in [0.1, 0.15) is 17.2 Å². The zero-order valence-corrected chi connectivity index (χ0v) is 11.0. The van der Waals surface area contributed by atoms with Gasteiger partial charge in [-0.05, 0) is 41.0 Å². The lowest BCUT2D eigenvalue weighted by Crippen LogP contribution is -1.92. The third kappa shape index (κ3) is 2.88. The molecule has 0 saturated heterocycles. The number of rotatable bonds is 4. The van der Waals surface area contributed by atoms with Crippen LogP contribution in [0.2, 0.25) is 0 Å². The molecule has 0 radical (unpaired) electrons. The summed E-state index contributed by atoms with van der Waals surface area (Å²) in [6, 6.07) is 12.5. The molecule has 0 aliphatic heterocycles. The first-order valence-corrected chi connectivity index (χ1v) is 5.86. The molecule has 19 heavy (non-hydrogen) atoms. The molecule has 3 heteroatoms. The van der Waals surface area contributed by atoms with Gasteiger partial charge < -0.3 is 14.6 Å². The highest BCUT2D eigenvalue weighted by Gasteiger charge is 2.07. The Labute approximate surface area is 112 Å². The molecule has 2 aromatic carbocycles. The average Bonchev–Trinajstić information content (AvgIpc) is 2.46. The highest BCUT2D eigenvalue weighted by molar-refractivity contribution is 5.79. The monoisotopic (exact) mass is 256 g/mol. The Morgan fingerprint density at radius 3 is 1.89 bits per heavy atom. The van der Waals surface area contributed by atoms with Gasteiger partial charge in [-0.2, -0.15) is 0 Å². The summed E-state index contributed by atoms with van der Waals surface area (Å²) in [5.41, 5.74) is 2.70. The van der Waals surface area contributed by atoms with E-state index >= 15 is 0 Å². The second-order valence-electron chi connectivity index (χ2n) is 4.13. The summed E-state index contributed by atoms with van der Waals surface area (Å²) >= 11 is 0. The quantitative estimate of drug-likeness (QED) is 0.910. The van der Waals surface area contributed by atoms with Gasteiger partial charge >= 0.3 is 0 Å². The van der Waals surface area contributed by atoms with Crippen LogP contribution < -0.4 is 9.47 Å². The minimum absolute atomic E-state index is 0.236. The van der Waals surface area contributed by atoms with E-state index in [1.807, 2.05) is 30.3 Å². The van der Waals surface area contributed by atoms with Gasteiger partial charge in [-0.15, -0.1) is 0 Å². The van der Waals surface area contributed by atoms with Crippen molar-refractivity contribution < 1.29 is 14.6 Å². The van der Waals surface area contributed by atoms with Crippen molar-refractivity contribution in [1.29, 1.82) is 0 Å². The van der Waals surface area contributed by atoms with Crippen LogP contribution in [0.1, 0.15) is 11.1 Å². The van der Waals surface area contributed by atoms with Gasteiger partial charge in [0, 0.05) is 6.07 Å². The predicted octanol–water partition coefficient (Wildman–Crippen LogP) is 3.47. The highest BCUT2D eigenvalue weighted by atomic mass is 16.5. The number of phenols is 1. The van der Waals surface area contributed by atoms with Crippen molar-refractivity contribution in [3.8, 4) is 17.2 Å². The molecule has 0 fully saturated rings. The Morgan fingerprint density at radius 2 is 1.42 bits per heavy atom. The number of methoxy groups -OCH3 is 2. The molecule has 0 atom stereocenters. The standard InChI is InChI=1S/C16H16O3/c1-11(12-4-6-14(17)7-5-12)13-8-15(18-2)10-16(9-13)19-3/h4-10,17H,1H2,2-3H3. The molecule has 0 amide bonds. The molecule has 0 heterocycles. The van der Waals surface area contributed by atoms with Gasteiger partial charge in [-0.25, -0.2) is 0 Å². The molecule has 0 aromatic heterocycles. The molecule has 0 bridgehead atoms. The van der Waals surface area contributed by atoms with Crippen LogP contribution in [-0.4, -0.2) is 19.3 Å². The van der Waals surface area contributed by atoms with Crippen LogP contribution in [0, 0.1) is 0 Å². The Bertz CT molecular complexity index is 563. The predicted molar refractivity (Wildman–Crippen MR) is 75.8 cm³/mol. The van der Waals surface area contributed by atoms with Crippen molar-refractivity contribution in [2.75, 3.05) is 14.2 Å². The molecular weight excluding hydrogens is 240 g/mol. The summed E-state index contributed by atoms with van der Waals surface area (Å²) in [5.74, 6) is 1.67. The molecule has 0 saturated carbocycles. The van der Waals surface area contributed by atoms with Crippen LogP contribution in [0.4, 0.5) is 0 Å². The van der Waals surface area contributed by atoms with E-state index < -0.39 is 0 Å². The molecule has 98 valence electrons. The fourth-order valence-corrected chi connectivity index (χ4v) is 1.81. The van der Waals surface area contributed by atoms with Crippen LogP contribution in [-0.2, 0) is 0 Å². The number of benzene rings is 2. The number of phenolic OH excluding ortho intramolecular Hbond substituents is 1. The zero-order chi connectivity index (χ0) is 13.8. The highest BCUT2D eigenvalue weighted by Crippen LogP contribution is 2.30. The average molecular weight is 256 g/mol. The first kappa shape index (κ1) is 13.0. The summed E-state index contributed by atoms with van der Waals surface area (Å²) < 4.78 is 10.5. The van der Waals surface area contributed by atoms with Crippen molar-refractivity contribution in [3.63, 3.8) is 0 Å². The van der Waals surface area contributed by atoms with Crippen LogP contribution >= 0.6 is 0 Å². The zero-order valence-electron chi connectivity index (χ0n) is 11.0. The molecule has 1 N–H and O–H groups in total. The molecule has 3 nitrogen and oxygen atoms in total. The van der Waals surface area contributed by atoms with Gasteiger partial charge in [0.2, 0.25) is 0 Å². The van der Waals surface area contributed by atoms with E-state index in [9.17, 15) is 5.11 Å². The van der Waals surface area contributed by atoms with Gasteiger partial charge in [-0.1, -0.05) is 18.7 Å². The summed E-state index contributed by atoms with van der Waals surface area (Å²) in [6.07, 6.45) is 0. The van der Waals surface area contributed by atoms with E-state index in [-0.39, 0.29) is 5.75 Å². The topological polar surface area (TPSA) is 38.7 Å². The maximum Gasteiger partial charge on any atom is 0.123 e. The first-order valence-electron chi connectivity index (χ1n) is 5.86. The summed E-state index contributed by atoms with van der Waals surface area (Å²) in [5, 5.41) is 9.30. The third-order valence-electron chi connectivity index (χ3n) is 2.92. The van der Waals surface area contributed by atoms with E-state index in [2.05, 4.69) is 6.58 Å². The van der Waals surface area contributed by atoms with Gasteiger partial charge in [0.15, 0.2) is 0 Å². The van der Waals surface area contributed by atoms with Crippen molar-refractivity contribution in [1.82, 2.24) is 0 Å². The molecule has 0 aliphatic rings. The van der Waals surface area contributed by atoms with E-state index in [4.69, 9.17) is 9.47 Å². The van der Waals surface area contributed by atoms with E-state index in [0.29, 0.717) is 11.5 Å². The molecule has 2 aromatic rings. The summed E-state index contributed by atoms with van der Waals surface area (Å²) in [7, 11) is 3.23. The third-order valence-corrected chi connectivity index (χ3v) is 2.92. The van der Waals surface area contributed by atoms with Crippen molar-refractivity contribution in [2.45, 2.75) is 0 Å². The Balaban J connectivity index is 2.40. The molecule has 2 rings (SSSR count). The summed E-state index contributed by atoms with van der Waals surface area (Å²) in [6.45, 7) is 4.08. The molecular formula is C16H16O3. The maximum atomic E-state index is 9.30. The number of ether oxygens (including phenoxy) is 2. The second-order valence-corrected chi connectivity index (χ2v) is 4.13. The first-order chi connectivity index (χ1) is 9.13. The summed E-state index contributed by atoms with van der Waals surface area (Å²) in [4.78, 5) is 0. The van der Waals surface area contributed by atoms with Gasteiger partial charge in [-0.3, -0.25) is 0 Å². The Morgan fingerprint density at radius 1 is 0.895 bits per heavy atom. The lowest BCUT2D eigenvalue weighted by atomic mass is 9.99. The smallest absolute Gasteiger partial charge is 0.123 e. The molecule has 0 spiro atoms. The lowest BCUT2D eigenvalue weighted by Gasteiger charge is -2.11. The van der Waals surface area contributed by atoms with Crippen molar-refractivity contribution in [2.24, 2.45) is 0 Å². The van der Waals surface area contributed by atoms with E-state index in [1.54, 1.807) is 26.4 Å². The normalized spacial score (nSPS) is 10.0.